The van der Waals surface area contributed by atoms with Gasteiger partial charge in [-0.2, -0.15) is 0 Å². The van der Waals surface area contributed by atoms with Crippen molar-refractivity contribution < 1.29 is 9.59 Å². The van der Waals surface area contributed by atoms with Crippen LogP contribution in [0, 0.1) is 0 Å². The molecule has 116 valence electrons. The molecule has 2 rings (SSSR count). The van der Waals surface area contributed by atoms with Gasteiger partial charge in [-0.25, -0.2) is 0 Å². The first kappa shape index (κ1) is 17.5. The lowest BCUT2D eigenvalue weighted by atomic mass is 10.1. The molecule has 21 heavy (non-hydrogen) atoms. The third-order valence-corrected chi connectivity index (χ3v) is 3.68. The summed E-state index contributed by atoms with van der Waals surface area (Å²) in [6, 6.07) is 7.14. The number of benzene rings is 1. The summed E-state index contributed by atoms with van der Waals surface area (Å²) >= 11 is 0. The van der Waals surface area contributed by atoms with Crippen LogP contribution in [-0.2, 0) is 0 Å². The van der Waals surface area contributed by atoms with Crippen LogP contribution in [0.25, 0.3) is 0 Å². The maximum atomic E-state index is 12.6. The van der Waals surface area contributed by atoms with E-state index < -0.39 is 0 Å². The number of nitrogens with zero attached hydrogens (tertiary/aromatic N) is 1. The molecule has 0 aromatic heterocycles. The highest BCUT2D eigenvalue weighted by molar-refractivity contribution is 5.99. The smallest absolute Gasteiger partial charge is 0.254 e. The molecule has 1 unspecified atom stereocenters. The van der Waals surface area contributed by atoms with E-state index in [0.717, 1.165) is 25.9 Å². The Morgan fingerprint density at radius 1 is 1.29 bits per heavy atom. The maximum absolute atomic E-state index is 12.6. The molecule has 0 saturated carbocycles. The zero-order chi connectivity index (χ0) is 14.5. The van der Waals surface area contributed by atoms with E-state index in [1.807, 2.05) is 11.9 Å². The van der Waals surface area contributed by atoms with Crippen LogP contribution in [0.5, 0.6) is 0 Å². The highest BCUT2D eigenvalue weighted by Crippen LogP contribution is 2.20. The molecule has 1 aliphatic rings. The molecular formula is C15H22ClN3O2. The van der Waals surface area contributed by atoms with Crippen molar-refractivity contribution in [2.45, 2.75) is 18.9 Å². The molecule has 1 heterocycles. The lowest BCUT2D eigenvalue weighted by molar-refractivity contribution is 0.0737. The Kier molecular flexibility index (Phi) is 6.65. The fourth-order valence-corrected chi connectivity index (χ4v) is 2.65. The summed E-state index contributed by atoms with van der Waals surface area (Å²) in [7, 11) is 3.48. The third kappa shape index (κ3) is 3.95. The summed E-state index contributed by atoms with van der Waals surface area (Å²) in [6.07, 6.45) is 2.06. The number of likely N-dealkylation sites (N-methyl/N-ethyl adjacent to an activating group) is 1. The van der Waals surface area contributed by atoms with Gasteiger partial charge in [0.15, 0.2) is 0 Å². The molecule has 5 nitrogen and oxygen atoms in total. The number of hydrogen-bond acceptors (Lipinski definition) is 3. The summed E-state index contributed by atoms with van der Waals surface area (Å²) in [4.78, 5) is 26.1. The van der Waals surface area contributed by atoms with Crippen molar-refractivity contribution in [1.82, 2.24) is 15.5 Å². The lowest BCUT2D eigenvalue weighted by Crippen LogP contribution is -2.40. The van der Waals surface area contributed by atoms with Gasteiger partial charge in [0, 0.05) is 37.3 Å². The summed E-state index contributed by atoms with van der Waals surface area (Å²) in [6.45, 7) is 1.59. The summed E-state index contributed by atoms with van der Waals surface area (Å²) in [5, 5.41) is 5.70. The normalized spacial score (nSPS) is 17.2. The zero-order valence-electron chi connectivity index (χ0n) is 12.4. The van der Waals surface area contributed by atoms with Crippen LogP contribution in [0.4, 0.5) is 0 Å². The molecule has 0 spiro atoms. The Hall–Kier alpha value is -1.59. The molecule has 0 bridgehead atoms. The highest BCUT2D eigenvalue weighted by atomic mass is 35.5. The Balaban J connectivity index is 0.00000220. The largest absolute Gasteiger partial charge is 0.355 e. The van der Waals surface area contributed by atoms with Crippen molar-refractivity contribution in [1.29, 1.82) is 0 Å². The standard InChI is InChI=1S/C15H21N3O2.ClH/c1-16-10-13-7-4-8-18(13)15(20)12-6-3-5-11(9-12)14(19)17-2;/h3,5-6,9,13,16H,4,7-8,10H2,1-2H3,(H,17,19);1H. The van der Waals surface area contributed by atoms with Crippen molar-refractivity contribution in [3.8, 4) is 0 Å². The Morgan fingerprint density at radius 2 is 2.00 bits per heavy atom. The fraction of sp³-hybridized carbons (Fsp3) is 0.467. The van der Waals surface area contributed by atoms with Gasteiger partial charge in [-0.3, -0.25) is 9.59 Å². The van der Waals surface area contributed by atoms with Crippen LogP contribution in [0.3, 0.4) is 0 Å². The molecule has 0 radical (unpaired) electrons. The average Bonchev–Trinajstić information content (AvgIpc) is 2.94. The molecule has 6 heteroatoms. The van der Waals surface area contributed by atoms with Crippen molar-refractivity contribution in [3.05, 3.63) is 35.4 Å². The van der Waals surface area contributed by atoms with Crippen molar-refractivity contribution in [3.63, 3.8) is 0 Å². The Labute approximate surface area is 131 Å². The quantitative estimate of drug-likeness (QED) is 0.881. The molecule has 2 amide bonds. The molecule has 1 atom stereocenters. The number of likely N-dealkylation sites (tertiary alicyclic amines) is 1. The molecule has 1 aliphatic heterocycles. The first-order valence-electron chi connectivity index (χ1n) is 6.95. The van der Waals surface area contributed by atoms with Gasteiger partial charge in [-0.05, 0) is 38.1 Å². The lowest BCUT2D eigenvalue weighted by Gasteiger charge is -2.24. The van der Waals surface area contributed by atoms with E-state index in [4.69, 9.17) is 0 Å². The van der Waals surface area contributed by atoms with Gasteiger partial charge < -0.3 is 15.5 Å². The minimum Gasteiger partial charge on any atom is -0.355 e. The molecule has 1 saturated heterocycles. The third-order valence-electron chi connectivity index (χ3n) is 3.68. The molecule has 2 N–H and O–H groups in total. The van der Waals surface area contributed by atoms with Gasteiger partial charge in [-0.15, -0.1) is 12.4 Å². The monoisotopic (exact) mass is 311 g/mol. The van der Waals surface area contributed by atoms with Gasteiger partial charge in [-0.1, -0.05) is 6.07 Å². The SMILES string of the molecule is CNCC1CCCN1C(=O)c1cccc(C(=O)NC)c1.Cl. The number of carbonyl (C=O) groups excluding carboxylic acids is 2. The molecule has 1 aromatic rings. The minimum absolute atomic E-state index is 0. The van der Waals surface area contributed by atoms with Crippen molar-refractivity contribution in [2.24, 2.45) is 0 Å². The number of amides is 2. The molecule has 1 fully saturated rings. The maximum Gasteiger partial charge on any atom is 0.254 e. The first-order valence-corrected chi connectivity index (χ1v) is 6.95. The van der Waals surface area contributed by atoms with Gasteiger partial charge in [0.05, 0.1) is 0 Å². The van der Waals surface area contributed by atoms with Gasteiger partial charge in [0.2, 0.25) is 0 Å². The van der Waals surface area contributed by atoms with Crippen LogP contribution in [-0.4, -0.2) is 49.9 Å². The Morgan fingerprint density at radius 3 is 2.67 bits per heavy atom. The minimum atomic E-state index is -0.173. The Bertz CT molecular complexity index is 507. The summed E-state index contributed by atoms with van der Waals surface area (Å²) in [5.41, 5.74) is 1.09. The highest BCUT2D eigenvalue weighted by Gasteiger charge is 2.28. The van der Waals surface area contributed by atoms with Crippen molar-refractivity contribution >= 4 is 24.2 Å². The van der Waals surface area contributed by atoms with Gasteiger partial charge in [0.25, 0.3) is 11.8 Å². The van der Waals surface area contributed by atoms with E-state index in [1.54, 1.807) is 31.3 Å². The predicted octanol–water partition coefficient (Wildman–Crippen LogP) is 1.29. The second-order valence-electron chi connectivity index (χ2n) is 5.01. The molecular weight excluding hydrogens is 290 g/mol. The van der Waals surface area contributed by atoms with E-state index in [-0.39, 0.29) is 30.3 Å². The average molecular weight is 312 g/mol. The second kappa shape index (κ2) is 8.00. The predicted molar refractivity (Wildman–Crippen MR) is 85.1 cm³/mol. The number of nitrogens with one attached hydrogen (secondary N) is 2. The first-order chi connectivity index (χ1) is 9.67. The van der Waals surface area contributed by atoms with Crippen LogP contribution in [0.15, 0.2) is 24.3 Å². The van der Waals surface area contributed by atoms with E-state index in [0.29, 0.717) is 11.1 Å². The van der Waals surface area contributed by atoms with Crippen LogP contribution in [0.1, 0.15) is 33.6 Å². The van der Waals surface area contributed by atoms with Crippen molar-refractivity contribution in [2.75, 3.05) is 27.2 Å². The number of halogens is 1. The van der Waals surface area contributed by atoms with Gasteiger partial charge >= 0.3 is 0 Å². The molecule has 0 aliphatic carbocycles. The van der Waals surface area contributed by atoms with Gasteiger partial charge in [0.1, 0.15) is 0 Å². The zero-order valence-corrected chi connectivity index (χ0v) is 13.2. The van der Waals surface area contributed by atoms with Crippen LogP contribution >= 0.6 is 12.4 Å². The number of carbonyl (C=O) groups is 2. The fourth-order valence-electron chi connectivity index (χ4n) is 2.65. The van der Waals surface area contributed by atoms with E-state index in [9.17, 15) is 9.59 Å². The van der Waals surface area contributed by atoms with Crippen LogP contribution < -0.4 is 10.6 Å². The van der Waals surface area contributed by atoms with E-state index in [2.05, 4.69) is 10.6 Å². The molecule has 1 aromatic carbocycles. The van der Waals surface area contributed by atoms with E-state index in [1.165, 1.54) is 0 Å². The second-order valence-corrected chi connectivity index (χ2v) is 5.01. The summed E-state index contributed by atoms with van der Waals surface area (Å²) < 4.78 is 0. The van der Waals surface area contributed by atoms with Crippen LogP contribution in [0.2, 0.25) is 0 Å². The summed E-state index contributed by atoms with van der Waals surface area (Å²) in [5.74, 6) is -0.165. The van der Waals surface area contributed by atoms with E-state index >= 15 is 0 Å². The number of hydrogen-bond donors (Lipinski definition) is 2. The number of rotatable bonds is 4. The topological polar surface area (TPSA) is 61.4 Å².